The van der Waals surface area contributed by atoms with Crippen LogP contribution in [0.1, 0.15) is 148 Å². The second kappa shape index (κ2) is 51.1. The van der Waals surface area contributed by atoms with Crippen LogP contribution in [-0.2, 0) is 28.4 Å². The van der Waals surface area contributed by atoms with Crippen LogP contribution in [-0.4, -0.2) is 198 Å². The zero-order chi connectivity index (χ0) is 82.8. The Hall–Kier alpha value is -10.3. The molecule has 31 heteroatoms. The number of amides is 1. The molecule has 8 N–H and O–H groups in total. The normalized spacial score (nSPS) is 11.6. The van der Waals surface area contributed by atoms with E-state index in [0.717, 1.165) is 121 Å². The number of rotatable bonds is 28. The van der Waals surface area contributed by atoms with Crippen molar-refractivity contribution in [2.24, 2.45) is 0 Å². The van der Waals surface area contributed by atoms with Gasteiger partial charge in [0, 0.05) is 120 Å². The largest absolute Gasteiger partial charge is 1.00 e. The number of hydrogen-bond acceptors (Lipinski definition) is 21. The van der Waals surface area contributed by atoms with Crippen molar-refractivity contribution in [3.63, 3.8) is 0 Å². The van der Waals surface area contributed by atoms with Gasteiger partial charge in [-0.15, -0.1) is 27.7 Å². The van der Waals surface area contributed by atoms with Crippen molar-refractivity contribution in [1.82, 2.24) is 51.0 Å². The van der Waals surface area contributed by atoms with Gasteiger partial charge in [0.2, 0.25) is 17.6 Å². The third-order valence-electron chi connectivity index (χ3n) is 18.7. The fourth-order valence-electron chi connectivity index (χ4n) is 11.8. The van der Waals surface area contributed by atoms with Gasteiger partial charge in [0.15, 0.2) is 0 Å². The minimum atomic E-state index is -0.952. The molecule has 6 aromatic carbocycles. The summed E-state index contributed by atoms with van der Waals surface area (Å²) in [5.74, 6) is 0.878. The van der Waals surface area contributed by atoms with E-state index in [9.17, 15) is 24.0 Å². The molecule has 12 rings (SSSR count). The molecular formula is C86H105BrClN12NaO16. The minimum absolute atomic E-state index is 0. The van der Waals surface area contributed by atoms with Gasteiger partial charge >= 0.3 is 47.5 Å². The van der Waals surface area contributed by atoms with Crippen LogP contribution >= 0.6 is 28.3 Å². The molecule has 0 radical (unpaired) electrons. The quantitative estimate of drug-likeness (QED) is 0.0104. The Balaban J connectivity index is 0.000000309. The van der Waals surface area contributed by atoms with Gasteiger partial charge in [0.05, 0.1) is 103 Å². The number of aromatic nitrogens is 8. The number of carbonyl (C=O) groups is 4. The van der Waals surface area contributed by atoms with Crippen LogP contribution < -0.4 is 54.6 Å². The first kappa shape index (κ1) is 99.1. The molecule has 2 saturated heterocycles. The van der Waals surface area contributed by atoms with Crippen LogP contribution in [0.5, 0.6) is 17.6 Å². The maximum absolute atomic E-state index is 13.1. The van der Waals surface area contributed by atoms with Crippen LogP contribution in [0.25, 0.3) is 45.0 Å². The molecule has 1 amide bonds. The number of halogens is 2. The summed E-state index contributed by atoms with van der Waals surface area (Å²) in [4.78, 5) is 60.7. The maximum atomic E-state index is 13.1. The minimum Gasteiger partial charge on any atom is -0.870 e. The Morgan fingerprint density at radius 2 is 0.821 bits per heavy atom. The van der Waals surface area contributed by atoms with E-state index in [1.807, 2.05) is 160 Å². The van der Waals surface area contributed by atoms with Crippen LogP contribution in [0.2, 0.25) is 0 Å². The molecule has 620 valence electrons. The van der Waals surface area contributed by atoms with E-state index in [1.54, 1.807) is 49.4 Å². The van der Waals surface area contributed by atoms with E-state index in [-0.39, 0.29) is 70.4 Å². The smallest absolute Gasteiger partial charge is 0.870 e. The van der Waals surface area contributed by atoms with Crippen molar-refractivity contribution < 1.29 is 102 Å². The van der Waals surface area contributed by atoms with Gasteiger partial charge in [0.1, 0.15) is 19.8 Å². The molecule has 2 fully saturated rings. The summed E-state index contributed by atoms with van der Waals surface area (Å²) in [7, 11) is 2.71. The number of nitrogens with zero attached hydrogens (tertiary/aromatic N) is 6. The summed E-state index contributed by atoms with van der Waals surface area (Å²) in [6.07, 6.45) is 0. The van der Waals surface area contributed by atoms with Crippen LogP contribution in [0.4, 0.5) is 0 Å². The maximum Gasteiger partial charge on any atom is 1.00 e. The number of carboxylic acids is 1. The number of likely N-dealkylation sites (tertiary alicyclic amines) is 1. The van der Waals surface area contributed by atoms with E-state index in [4.69, 9.17) is 53.5 Å². The molecule has 0 spiro atoms. The van der Waals surface area contributed by atoms with E-state index in [0.29, 0.717) is 136 Å². The Morgan fingerprint density at radius 1 is 0.479 bits per heavy atom. The standard InChI is InChI=1S/C26H28N4O3.C17H22N2O4.C16H20N2O4.C13H14N2O3.C10H10N2.C4H9BrO.ClH.Na.H2O/c1-4-32-11-12-33-25-18(3)24(28-29-25)23-13-21(8-5-17(23)2)26(31)30-15-22(16-30)20-9-6-19(14-27)7-10-20;1-5-22-8-9-23-16-12(3)15(18-19-16)14-10-13(17(20)21-4)7-6-11(14)2;1-4-21-7-8-22-15-11(3)14(17-18-15)13-9-12(16(19)20)6-5-10(13)2;1-7-4-5-9(13(17)18-3)6-10(7)11-8(2)12(16)15-14-11;11-5-8-1-3-9(4-2-8)10-6-12-7-10;1-2-6-4-3-5;;;/h5-10,13,22H,4,11-12,15-16H2,1-3H3,(H,28,29);6-7,10H,5,8-9H2,1-4H3,(H,18,19);5-6,9H,4,7-8H2,1-3H3,(H,17,18)(H,19,20);4-6H,1-3H3,(H2,14,15,16);1-4,10,12H,6-7H2;2-4H2,1H3;1H;;1H2/q;;;;;;;+1;/p-1. The molecule has 2 aliphatic rings. The van der Waals surface area contributed by atoms with Crippen molar-refractivity contribution in [3.05, 3.63) is 221 Å². The number of ether oxygens (including phenoxy) is 9. The molecular weight excluding hydrogens is 1600 g/mol. The van der Waals surface area contributed by atoms with Crippen LogP contribution in [0, 0.1) is 78.1 Å². The number of methoxy groups -OCH3 is 2. The second-order valence-corrected chi connectivity index (χ2v) is 27.1. The molecule has 28 nitrogen and oxygen atoms in total. The van der Waals surface area contributed by atoms with Crippen molar-refractivity contribution >= 4 is 52.2 Å². The molecule has 4 aromatic heterocycles. The van der Waals surface area contributed by atoms with Crippen molar-refractivity contribution in [1.29, 1.82) is 10.5 Å². The second-order valence-electron chi connectivity index (χ2n) is 26.3. The fraction of sp³-hybridized carbons (Fsp3) is 0.372. The zero-order valence-electron chi connectivity index (χ0n) is 69.1. The summed E-state index contributed by atoms with van der Waals surface area (Å²) in [5.41, 5.74) is 19.5. The van der Waals surface area contributed by atoms with Gasteiger partial charge in [-0.25, -0.2) is 14.4 Å². The number of aromatic amines is 5. The van der Waals surface area contributed by atoms with E-state index in [1.165, 1.54) is 19.8 Å². The third-order valence-corrected chi connectivity index (χ3v) is 19.0. The summed E-state index contributed by atoms with van der Waals surface area (Å²) >= 11 is 3.23. The first-order chi connectivity index (χ1) is 55.0. The monoisotopic (exact) mass is 1700 g/mol. The van der Waals surface area contributed by atoms with Gasteiger partial charge in [-0.1, -0.05) is 64.5 Å². The van der Waals surface area contributed by atoms with Gasteiger partial charge in [0.25, 0.3) is 11.5 Å². The number of aromatic carboxylic acids is 1. The molecule has 0 atom stereocenters. The summed E-state index contributed by atoms with van der Waals surface area (Å²) in [6.45, 7) is 33.1. The van der Waals surface area contributed by atoms with E-state index >= 15 is 0 Å². The summed E-state index contributed by atoms with van der Waals surface area (Å²) in [5, 5.41) is 57.8. The average Bonchev–Trinajstić information content (AvgIpc) is 0.841. The van der Waals surface area contributed by atoms with Crippen molar-refractivity contribution in [2.75, 3.05) is 118 Å². The fourth-order valence-corrected chi connectivity index (χ4v) is 12.0. The predicted molar refractivity (Wildman–Crippen MR) is 448 cm³/mol. The Morgan fingerprint density at radius 3 is 1.14 bits per heavy atom. The van der Waals surface area contributed by atoms with Gasteiger partial charge in [-0.2, -0.15) is 10.5 Å². The van der Waals surface area contributed by atoms with E-state index in [2.05, 4.69) is 78.9 Å². The molecule has 117 heavy (non-hydrogen) atoms. The van der Waals surface area contributed by atoms with Gasteiger partial charge in [-0.05, 0) is 189 Å². The van der Waals surface area contributed by atoms with Crippen molar-refractivity contribution in [2.45, 2.75) is 94.9 Å². The predicted octanol–water partition coefficient (Wildman–Crippen LogP) is 11.6. The zero-order valence-corrected chi connectivity index (χ0v) is 73.5. The summed E-state index contributed by atoms with van der Waals surface area (Å²) in [6, 6.07) is 41.2. The number of carboxylic acid groups (broad SMARTS) is 1. The number of nitriles is 2. The molecule has 10 aromatic rings. The molecule has 0 aliphatic carbocycles. The third kappa shape index (κ3) is 28.2. The number of benzene rings is 6. The van der Waals surface area contributed by atoms with Gasteiger partial charge in [-0.3, -0.25) is 35.1 Å². The SMILES string of the molecule is CCOCCBr.CCOCCOc1n[nH]c(-c2cc(C(=O)N3CC(c4ccc(C#N)cc4)C3)ccc2C)c1C.CCOCCOc1n[nH]c(-c2cc(C(=O)O)ccc2C)c1C.CCOCCOc1n[nH]c(-c2cc(C(=O)OC)ccc2C)c1C.COC(=O)c1ccc(C)c(-c2[nH][nH]c(=O)c2C)c1.Cl.N#Cc1ccc(C2CNC2)cc1.[Na+].[OH-]. The number of H-pyrrole nitrogens is 5. The van der Waals surface area contributed by atoms with Crippen LogP contribution in [0.15, 0.2) is 126 Å². The molecule has 0 bridgehead atoms. The van der Waals surface area contributed by atoms with Crippen molar-refractivity contribution in [3.8, 4) is 74.8 Å². The number of aryl methyl sites for hydroxylation is 4. The molecule has 2 aliphatic heterocycles. The topological polar surface area (TPSA) is 399 Å². The van der Waals surface area contributed by atoms with E-state index < -0.39 is 11.9 Å². The number of carbonyl (C=O) groups excluding carboxylic acids is 3. The Kier molecular flexibility index (Phi) is 43.3. The average molecular weight is 1700 g/mol. The number of nitrogens with one attached hydrogen (secondary N) is 6. The number of alkyl halides is 1. The first-order valence-corrected chi connectivity index (χ1v) is 38.6. The number of esters is 2. The molecule has 0 saturated carbocycles. The van der Waals surface area contributed by atoms with Crippen LogP contribution in [0.3, 0.4) is 0 Å². The Labute approximate surface area is 719 Å². The molecule has 0 unspecified atom stereocenters. The first-order valence-electron chi connectivity index (χ1n) is 37.5. The Bertz CT molecular complexity index is 4940. The van der Waals surface area contributed by atoms with Gasteiger partial charge < -0.3 is 63.4 Å². The molecule has 6 heterocycles. The summed E-state index contributed by atoms with van der Waals surface area (Å²) < 4.78 is 47.1. The number of hydrogen-bond donors (Lipinski definition) is 7.